The number of hydrogen-bond acceptors (Lipinski definition) is 7. The van der Waals surface area contributed by atoms with Gasteiger partial charge in [0.05, 0.1) is 25.0 Å². The van der Waals surface area contributed by atoms with Crippen LogP contribution in [-0.4, -0.2) is 82.1 Å². The summed E-state index contributed by atoms with van der Waals surface area (Å²) in [6.45, 7) is 5.43. The molecule has 2 aromatic rings. The molecule has 0 radical (unpaired) electrons. The van der Waals surface area contributed by atoms with Crippen molar-refractivity contribution in [3.8, 4) is 11.3 Å². The Labute approximate surface area is 187 Å². The molecule has 1 atom stereocenters. The van der Waals surface area contributed by atoms with Crippen LogP contribution in [0, 0.1) is 5.41 Å². The molecule has 3 aliphatic rings. The maximum absolute atomic E-state index is 13.1. The number of likely N-dealkylation sites (tertiary alicyclic amines) is 1. The summed E-state index contributed by atoms with van der Waals surface area (Å²) in [6, 6.07) is 4.09. The van der Waals surface area contributed by atoms with E-state index in [-0.39, 0.29) is 23.5 Å². The fourth-order valence-electron chi connectivity index (χ4n) is 5.38. The van der Waals surface area contributed by atoms with Gasteiger partial charge in [0.1, 0.15) is 5.82 Å². The fourth-order valence-corrected chi connectivity index (χ4v) is 5.38. The minimum Gasteiger partial charge on any atom is -0.450 e. The summed E-state index contributed by atoms with van der Waals surface area (Å²) in [4.78, 5) is 44.0. The van der Waals surface area contributed by atoms with Gasteiger partial charge in [0.2, 0.25) is 5.91 Å². The highest BCUT2D eigenvalue weighted by Crippen LogP contribution is 2.47. The quantitative estimate of drug-likeness (QED) is 0.726. The van der Waals surface area contributed by atoms with Gasteiger partial charge in [0.15, 0.2) is 0 Å². The minimum absolute atomic E-state index is 0.135. The Bertz CT molecular complexity index is 994. The number of hydrogen-bond donors (Lipinski definition) is 0. The van der Waals surface area contributed by atoms with Gasteiger partial charge in [-0.05, 0) is 38.3 Å². The second-order valence-electron chi connectivity index (χ2n) is 8.93. The van der Waals surface area contributed by atoms with Gasteiger partial charge in [-0.1, -0.05) is 0 Å². The molecule has 4 heterocycles. The van der Waals surface area contributed by atoms with Crippen molar-refractivity contribution in [2.24, 2.45) is 5.41 Å². The van der Waals surface area contributed by atoms with Gasteiger partial charge in [0.25, 0.3) is 0 Å². The molecule has 0 aromatic carbocycles. The van der Waals surface area contributed by atoms with Gasteiger partial charge in [-0.3, -0.25) is 14.8 Å². The number of pyridine rings is 1. The van der Waals surface area contributed by atoms with Crippen LogP contribution in [0.3, 0.4) is 0 Å². The first kappa shape index (κ1) is 20.7. The fraction of sp³-hybridized carbons (Fsp3) is 0.522. The number of ether oxygens (including phenoxy) is 1. The molecular weight excluding hydrogens is 408 g/mol. The van der Waals surface area contributed by atoms with Crippen molar-refractivity contribution >= 4 is 17.8 Å². The van der Waals surface area contributed by atoms with Crippen LogP contribution >= 0.6 is 0 Å². The zero-order chi connectivity index (χ0) is 22.1. The SMILES string of the molecule is CCOC(=O)N1CC2(CC[C@H](N3CCN(c4ncccc4-c4cnccn4)CC3=O)C2)C1. The molecule has 168 valence electrons. The number of aromatic nitrogens is 3. The van der Waals surface area contributed by atoms with E-state index in [0.717, 1.165) is 56.0 Å². The maximum atomic E-state index is 13.1. The lowest BCUT2D eigenvalue weighted by molar-refractivity contribution is -0.133. The Balaban J connectivity index is 1.22. The highest BCUT2D eigenvalue weighted by atomic mass is 16.6. The lowest BCUT2D eigenvalue weighted by atomic mass is 9.78. The highest BCUT2D eigenvalue weighted by Gasteiger charge is 2.52. The van der Waals surface area contributed by atoms with Crippen molar-refractivity contribution in [1.82, 2.24) is 24.8 Å². The summed E-state index contributed by atoms with van der Waals surface area (Å²) in [5.74, 6) is 0.906. The van der Waals surface area contributed by atoms with Crippen LogP contribution in [0.2, 0.25) is 0 Å². The molecule has 5 rings (SSSR count). The largest absolute Gasteiger partial charge is 0.450 e. The number of piperazine rings is 1. The number of amides is 2. The standard InChI is InChI=1S/C23H28N6O3/c1-2-32-22(31)28-15-23(16-28)6-5-17(12-23)29-11-10-27(14-20(29)30)21-18(4-3-7-26-21)19-13-24-8-9-25-19/h3-4,7-9,13,17H,2,5-6,10-12,14-16H2,1H3/t17-/m0/s1. The van der Waals surface area contributed by atoms with Gasteiger partial charge in [0, 0.05) is 61.8 Å². The maximum Gasteiger partial charge on any atom is 0.409 e. The Hall–Kier alpha value is -3.23. The molecule has 2 aliphatic heterocycles. The van der Waals surface area contributed by atoms with Crippen molar-refractivity contribution in [1.29, 1.82) is 0 Å². The Morgan fingerprint density at radius 2 is 2.09 bits per heavy atom. The molecule has 2 aromatic heterocycles. The van der Waals surface area contributed by atoms with Crippen LogP contribution in [0.15, 0.2) is 36.9 Å². The first-order valence-electron chi connectivity index (χ1n) is 11.3. The minimum atomic E-state index is -0.222. The Kier molecular flexibility index (Phi) is 5.40. The van der Waals surface area contributed by atoms with E-state index in [1.165, 1.54) is 0 Å². The zero-order valence-electron chi connectivity index (χ0n) is 18.3. The summed E-state index contributed by atoms with van der Waals surface area (Å²) in [6.07, 6.45) is 9.56. The predicted octanol–water partition coefficient (Wildman–Crippen LogP) is 2.20. The lowest BCUT2D eigenvalue weighted by Gasteiger charge is -2.48. The van der Waals surface area contributed by atoms with Crippen molar-refractivity contribution in [3.63, 3.8) is 0 Å². The van der Waals surface area contributed by atoms with E-state index < -0.39 is 0 Å². The molecule has 0 N–H and O–H groups in total. The van der Waals surface area contributed by atoms with Crippen LogP contribution in [0.25, 0.3) is 11.3 Å². The summed E-state index contributed by atoms with van der Waals surface area (Å²) in [5, 5.41) is 0. The van der Waals surface area contributed by atoms with Gasteiger partial charge in [-0.15, -0.1) is 0 Å². The number of anilines is 1. The molecule has 1 aliphatic carbocycles. The molecule has 2 saturated heterocycles. The molecule has 32 heavy (non-hydrogen) atoms. The van der Waals surface area contributed by atoms with Gasteiger partial charge >= 0.3 is 6.09 Å². The monoisotopic (exact) mass is 436 g/mol. The third-order valence-electron chi connectivity index (χ3n) is 6.88. The molecule has 3 fully saturated rings. The molecule has 1 spiro atoms. The Morgan fingerprint density at radius 1 is 1.22 bits per heavy atom. The van der Waals surface area contributed by atoms with E-state index >= 15 is 0 Å². The zero-order valence-corrected chi connectivity index (χ0v) is 18.3. The first-order chi connectivity index (χ1) is 15.6. The third kappa shape index (κ3) is 3.76. The molecule has 9 nitrogen and oxygen atoms in total. The summed E-state index contributed by atoms with van der Waals surface area (Å²) < 4.78 is 5.11. The number of carbonyl (C=O) groups is 2. The highest BCUT2D eigenvalue weighted by molar-refractivity contribution is 5.85. The van der Waals surface area contributed by atoms with Crippen molar-refractivity contribution < 1.29 is 14.3 Å². The normalized spacial score (nSPS) is 22.2. The molecule has 0 unspecified atom stereocenters. The van der Waals surface area contributed by atoms with Crippen LogP contribution in [0.1, 0.15) is 26.2 Å². The van der Waals surface area contributed by atoms with Gasteiger partial charge < -0.3 is 19.4 Å². The van der Waals surface area contributed by atoms with E-state index in [4.69, 9.17) is 4.74 Å². The second-order valence-corrected chi connectivity index (χ2v) is 8.93. The van der Waals surface area contributed by atoms with Crippen LogP contribution in [0.5, 0.6) is 0 Å². The van der Waals surface area contributed by atoms with Crippen LogP contribution < -0.4 is 4.90 Å². The van der Waals surface area contributed by atoms with E-state index in [1.807, 2.05) is 28.9 Å². The molecule has 9 heteroatoms. The topological polar surface area (TPSA) is 91.8 Å². The van der Waals surface area contributed by atoms with E-state index in [9.17, 15) is 9.59 Å². The molecular formula is C23H28N6O3. The van der Waals surface area contributed by atoms with Gasteiger partial charge in [-0.2, -0.15) is 0 Å². The van der Waals surface area contributed by atoms with Crippen molar-refractivity contribution in [2.45, 2.75) is 32.2 Å². The molecule has 0 bridgehead atoms. The average Bonchev–Trinajstić information content (AvgIpc) is 3.24. The molecule has 1 saturated carbocycles. The molecule has 2 amide bonds. The van der Waals surface area contributed by atoms with Crippen LogP contribution in [0.4, 0.5) is 10.6 Å². The van der Waals surface area contributed by atoms with Crippen molar-refractivity contribution in [2.75, 3.05) is 44.2 Å². The Morgan fingerprint density at radius 3 is 2.84 bits per heavy atom. The number of rotatable bonds is 4. The van der Waals surface area contributed by atoms with E-state index in [0.29, 0.717) is 19.7 Å². The summed E-state index contributed by atoms with van der Waals surface area (Å²) in [5.41, 5.74) is 1.78. The van der Waals surface area contributed by atoms with Gasteiger partial charge in [-0.25, -0.2) is 9.78 Å². The summed E-state index contributed by atoms with van der Waals surface area (Å²) >= 11 is 0. The number of carbonyl (C=O) groups excluding carboxylic acids is 2. The number of nitrogens with zero attached hydrogens (tertiary/aromatic N) is 6. The van der Waals surface area contributed by atoms with Crippen molar-refractivity contribution in [3.05, 3.63) is 36.9 Å². The predicted molar refractivity (Wildman–Crippen MR) is 118 cm³/mol. The van der Waals surface area contributed by atoms with E-state index in [2.05, 4.69) is 15.0 Å². The lowest BCUT2D eigenvalue weighted by Crippen LogP contribution is -2.59. The van der Waals surface area contributed by atoms with Crippen LogP contribution in [-0.2, 0) is 9.53 Å². The average molecular weight is 437 g/mol. The third-order valence-corrected chi connectivity index (χ3v) is 6.88. The first-order valence-corrected chi connectivity index (χ1v) is 11.3. The smallest absolute Gasteiger partial charge is 0.409 e. The van der Waals surface area contributed by atoms with E-state index in [1.54, 1.807) is 29.7 Å². The second kappa shape index (κ2) is 8.37. The summed E-state index contributed by atoms with van der Waals surface area (Å²) in [7, 11) is 0.